The third-order valence-corrected chi connectivity index (χ3v) is 6.33. The average molecular weight is 385 g/mol. The second-order valence-electron chi connectivity index (χ2n) is 7.25. The van der Waals surface area contributed by atoms with Crippen LogP contribution in [0.4, 0.5) is 0 Å². The average Bonchev–Trinajstić information content (AvgIpc) is 3.12. The molecule has 1 saturated carbocycles. The summed E-state index contributed by atoms with van der Waals surface area (Å²) in [5.41, 5.74) is 2.79. The van der Waals surface area contributed by atoms with Gasteiger partial charge in [0.05, 0.1) is 18.1 Å². The Morgan fingerprint density at radius 2 is 2.15 bits per heavy atom. The molecule has 6 nitrogen and oxygen atoms in total. The summed E-state index contributed by atoms with van der Waals surface area (Å²) >= 11 is 1.48. The second-order valence-corrected chi connectivity index (χ2v) is 8.56. The number of rotatable bonds is 7. The lowest BCUT2D eigenvalue weighted by Crippen LogP contribution is -2.16. The number of hydrogen-bond donors (Lipinski definition) is 0. The van der Waals surface area contributed by atoms with Gasteiger partial charge >= 0.3 is 0 Å². The summed E-state index contributed by atoms with van der Waals surface area (Å²) < 4.78 is 9.61. The normalized spacial score (nSPS) is 15.3. The summed E-state index contributed by atoms with van der Waals surface area (Å²) in [5, 5.41) is 9.18. The number of carbonyl (C=O) groups is 1. The first-order valence-electron chi connectivity index (χ1n) is 9.25. The standard InChI is InChI=1S/C20H24N4O2S/c1-12-10-17(13(2)24(12)11-16-6-5-9-26-16)18(25)14(3)27-20-22-21-19(23(20)4)15-7-8-15/h5-6,9-10,14-15H,7-8,11H2,1-4H3/t14-/m1/s1. The van der Waals surface area contributed by atoms with E-state index in [1.807, 2.05) is 50.6 Å². The summed E-state index contributed by atoms with van der Waals surface area (Å²) in [4.78, 5) is 13.1. The Morgan fingerprint density at radius 1 is 1.37 bits per heavy atom. The highest BCUT2D eigenvalue weighted by molar-refractivity contribution is 8.00. The maximum atomic E-state index is 13.1. The van der Waals surface area contributed by atoms with Gasteiger partial charge in [0.2, 0.25) is 0 Å². The highest BCUT2D eigenvalue weighted by Gasteiger charge is 2.30. The van der Waals surface area contributed by atoms with Crippen molar-refractivity contribution in [1.29, 1.82) is 0 Å². The molecule has 1 aliphatic carbocycles. The van der Waals surface area contributed by atoms with Gasteiger partial charge in [0.1, 0.15) is 11.6 Å². The zero-order chi connectivity index (χ0) is 19.1. The molecule has 1 fully saturated rings. The molecule has 1 atom stereocenters. The molecule has 0 radical (unpaired) electrons. The van der Waals surface area contributed by atoms with Crippen molar-refractivity contribution in [1.82, 2.24) is 19.3 Å². The van der Waals surface area contributed by atoms with E-state index in [1.165, 1.54) is 24.6 Å². The fourth-order valence-corrected chi connectivity index (χ4v) is 4.30. The third-order valence-electron chi connectivity index (χ3n) is 5.20. The molecule has 0 N–H and O–H groups in total. The van der Waals surface area contributed by atoms with Gasteiger partial charge in [-0.3, -0.25) is 4.79 Å². The van der Waals surface area contributed by atoms with E-state index in [0.717, 1.165) is 33.7 Å². The van der Waals surface area contributed by atoms with Gasteiger partial charge < -0.3 is 13.6 Å². The van der Waals surface area contributed by atoms with Gasteiger partial charge in [-0.05, 0) is 51.8 Å². The Labute approximate surface area is 163 Å². The highest BCUT2D eigenvalue weighted by Crippen LogP contribution is 2.40. The van der Waals surface area contributed by atoms with Crippen LogP contribution in [0.5, 0.6) is 0 Å². The van der Waals surface area contributed by atoms with Crippen molar-refractivity contribution in [2.75, 3.05) is 0 Å². The maximum absolute atomic E-state index is 13.1. The van der Waals surface area contributed by atoms with Gasteiger partial charge in [0.15, 0.2) is 10.9 Å². The van der Waals surface area contributed by atoms with E-state index in [1.54, 1.807) is 6.26 Å². The number of thioether (sulfide) groups is 1. The lowest BCUT2D eigenvalue weighted by atomic mass is 10.1. The lowest BCUT2D eigenvalue weighted by molar-refractivity contribution is 0.0993. The first-order valence-corrected chi connectivity index (χ1v) is 10.1. The zero-order valence-electron chi connectivity index (χ0n) is 16.1. The van der Waals surface area contributed by atoms with E-state index in [2.05, 4.69) is 14.8 Å². The van der Waals surface area contributed by atoms with Crippen molar-refractivity contribution < 1.29 is 9.21 Å². The van der Waals surface area contributed by atoms with Gasteiger partial charge in [-0.1, -0.05) is 11.8 Å². The van der Waals surface area contributed by atoms with Crippen molar-refractivity contribution in [3.63, 3.8) is 0 Å². The molecule has 4 rings (SSSR count). The number of aromatic nitrogens is 4. The molecule has 0 saturated heterocycles. The molecule has 3 heterocycles. The monoisotopic (exact) mass is 384 g/mol. The number of Topliss-reactive ketones (excluding diaryl/α,β-unsaturated/α-hetero) is 1. The summed E-state index contributed by atoms with van der Waals surface area (Å²) in [6.45, 7) is 6.59. The molecule has 0 amide bonds. The minimum absolute atomic E-state index is 0.120. The van der Waals surface area contributed by atoms with Gasteiger partial charge in [0, 0.05) is 29.9 Å². The Balaban J connectivity index is 1.52. The summed E-state index contributed by atoms with van der Waals surface area (Å²) in [5.74, 6) is 2.58. The molecule has 0 bridgehead atoms. The molecule has 3 aromatic heterocycles. The van der Waals surface area contributed by atoms with Crippen molar-refractivity contribution in [2.24, 2.45) is 7.05 Å². The number of nitrogens with zero attached hydrogens (tertiary/aromatic N) is 4. The van der Waals surface area contributed by atoms with Crippen molar-refractivity contribution in [3.8, 4) is 0 Å². The molecule has 1 aliphatic rings. The van der Waals surface area contributed by atoms with Gasteiger partial charge in [-0.2, -0.15) is 0 Å². The van der Waals surface area contributed by atoms with E-state index in [9.17, 15) is 4.79 Å². The first kappa shape index (κ1) is 18.1. The van der Waals surface area contributed by atoms with E-state index >= 15 is 0 Å². The molecular weight excluding hydrogens is 360 g/mol. The van der Waals surface area contributed by atoms with Crippen LogP contribution in [-0.2, 0) is 13.6 Å². The predicted molar refractivity (Wildman–Crippen MR) is 104 cm³/mol. The number of ketones is 1. The minimum Gasteiger partial charge on any atom is -0.467 e. The van der Waals surface area contributed by atoms with Crippen LogP contribution in [0.25, 0.3) is 0 Å². The van der Waals surface area contributed by atoms with E-state index in [4.69, 9.17) is 4.42 Å². The van der Waals surface area contributed by atoms with Gasteiger partial charge in [0.25, 0.3) is 0 Å². The largest absolute Gasteiger partial charge is 0.467 e. The third kappa shape index (κ3) is 3.48. The number of carbonyl (C=O) groups excluding carboxylic acids is 1. The van der Waals surface area contributed by atoms with Gasteiger partial charge in [-0.25, -0.2) is 0 Å². The Kier molecular flexibility index (Phi) is 4.72. The van der Waals surface area contributed by atoms with Crippen LogP contribution in [0.15, 0.2) is 34.0 Å². The Bertz CT molecular complexity index is 967. The summed E-state index contributed by atoms with van der Waals surface area (Å²) in [6.07, 6.45) is 4.05. The number of aryl methyl sites for hydroxylation is 1. The second kappa shape index (κ2) is 7.03. The van der Waals surface area contributed by atoms with Crippen LogP contribution in [-0.4, -0.2) is 30.4 Å². The Morgan fingerprint density at radius 3 is 2.81 bits per heavy atom. The molecule has 0 spiro atoms. The van der Waals surface area contributed by atoms with Crippen LogP contribution in [0.1, 0.15) is 59.0 Å². The molecule has 0 unspecified atom stereocenters. The molecule has 0 aromatic carbocycles. The minimum atomic E-state index is -0.225. The fourth-order valence-electron chi connectivity index (χ4n) is 3.41. The summed E-state index contributed by atoms with van der Waals surface area (Å²) in [6, 6.07) is 5.80. The molecule has 142 valence electrons. The summed E-state index contributed by atoms with van der Waals surface area (Å²) in [7, 11) is 1.99. The Hall–Kier alpha value is -2.28. The van der Waals surface area contributed by atoms with Crippen LogP contribution < -0.4 is 0 Å². The molecule has 27 heavy (non-hydrogen) atoms. The van der Waals surface area contributed by atoms with Gasteiger partial charge in [-0.15, -0.1) is 10.2 Å². The quantitative estimate of drug-likeness (QED) is 0.453. The fraction of sp³-hybridized carbons (Fsp3) is 0.450. The van der Waals surface area contributed by atoms with E-state index in [0.29, 0.717) is 12.5 Å². The molecule has 3 aromatic rings. The van der Waals surface area contributed by atoms with Crippen LogP contribution in [0, 0.1) is 13.8 Å². The van der Waals surface area contributed by atoms with Crippen LogP contribution in [0.2, 0.25) is 0 Å². The van der Waals surface area contributed by atoms with E-state index in [-0.39, 0.29) is 11.0 Å². The molecule has 0 aliphatic heterocycles. The van der Waals surface area contributed by atoms with Crippen LogP contribution in [0.3, 0.4) is 0 Å². The van der Waals surface area contributed by atoms with Crippen molar-refractivity contribution in [2.45, 2.75) is 56.5 Å². The number of furan rings is 1. The molecular formula is C20H24N4O2S. The van der Waals surface area contributed by atoms with Crippen molar-refractivity contribution >= 4 is 17.5 Å². The SMILES string of the molecule is Cc1cc(C(=O)[C@@H](C)Sc2nnc(C3CC3)n2C)c(C)n1Cc1ccco1. The maximum Gasteiger partial charge on any atom is 0.191 e. The lowest BCUT2D eigenvalue weighted by Gasteiger charge is -2.11. The highest BCUT2D eigenvalue weighted by atomic mass is 32.2. The van der Waals surface area contributed by atoms with E-state index < -0.39 is 0 Å². The predicted octanol–water partition coefficient (Wildman–Crippen LogP) is 4.12. The zero-order valence-corrected chi connectivity index (χ0v) is 16.9. The molecule has 7 heteroatoms. The van der Waals surface area contributed by atoms with Crippen molar-refractivity contribution in [3.05, 3.63) is 53.0 Å². The first-order chi connectivity index (χ1) is 13.0. The number of hydrogen-bond acceptors (Lipinski definition) is 5. The smallest absolute Gasteiger partial charge is 0.191 e. The topological polar surface area (TPSA) is 65.8 Å². The van der Waals surface area contributed by atoms with Crippen LogP contribution >= 0.6 is 11.8 Å².